The molecule has 1 atom stereocenters. The summed E-state index contributed by atoms with van der Waals surface area (Å²) in [5, 5.41) is 0. The third-order valence-corrected chi connectivity index (χ3v) is 7.32. The lowest BCUT2D eigenvalue weighted by Crippen LogP contribution is -2.51. The van der Waals surface area contributed by atoms with E-state index >= 15 is 0 Å². The molecule has 2 rings (SSSR count). The molecule has 1 unspecified atom stereocenters. The Morgan fingerprint density at radius 1 is 1.04 bits per heavy atom. The Morgan fingerprint density at radius 2 is 1.58 bits per heavy atom. The van der Waals surface area contributed by atoms with Crippen molar-refractivity contribution in [2.24, 2.45) is 0 Å². The SMILES string of the molecule is CCC(C)N1CCN(C(=O)c2ccc(S(=O)(=O)N(CC)CC)cc2)CC1. The quantitative estimate of drug-likeness (QED) is 0.727. The van der Waals surface area contributed by atoms with Gasteiger partial charge in [0.1, 0.15) is 0 Å². The van der Waals surface area contributed by atoms with E-state index in [-0.39, 0.29) is 10.8 Å². The van der Waals surface area contributed by atoms with Gasteiger partial charge in [0.25, 0.3) is 5.91 Å². The molecule has 1 fully saturated rings. The molecule has 1 amide bonds. The highest BCUT2D eigenvalue weighted by atomic mass is 32.2. The van der Waals surface area contributed by atoms with Crippen LogP contribution in [0.25, 0.3) is 0 Å². The normalized spacial score (nSPS) is 17.5. The van der Waals surface area contributed by atoms with Crippen molar-refractivity contribution in [2.45, 2.75) is 45.1 Å². The van der Waals surface area contributed by atoms with E-state index in [1.165, 1.54) is 16.4 Å². The van der Waals surface area contributed by atoms with Crippen molar-refractivity contribution in [3.8, 4) is 0 Å². The third kappa shape index (κ3) is 4.45. The van der Waals surface area contributed by atoms with Crippen LogP contribution in [0.3, 0.4) is 0 Å². The van der Waals surface area contributed by atoms with E-state index in [4.69, 9.17) is 0 Å². The minimum Gasteiger partial charge on any atom is -0.336 e. The van der Waals surface area contributed by atoms with Gasteiger partial charge >= 0.3 is 0 Å². The number of piperazine rings is 1. The van der Waals surface area contributed by atoms with Gasteiger partial charge in [-0.2, -0.15) is 4.31 Å². The van der Waals surface area contributed by atoms with Crippen LogP contribution in [0.1, 0.15) is 44.5 Å². The van der Waals surface area contributed by atoms with Gasteiger partial charge in [0.2, 0.25) is 10.0 Å². The second-order valence-corrected chi connectivity index (χ2v) is 8.64. The van der Waals surface area contributed by atoms with Crippen molar-refractivity contribution in [2.75, 3.05) is 39.3 Å². The molecule has 0 radical (unpaired) electrons. The van der Waals surface area contributed by atoms with Crippen LogP contribution in [0.2, 0.25) is 0 Å². The lowest BCUT2D eigenvalue weighted by molar-refractivity contribution is 0.0579. The predicted octanol–water partition coefficient (Wildman–Crippen LogP) is 2.27. The number of hydrogen-bond acceptors (Lipinski definition) is 4. The maximum absolute atomic E-state index is 12.7. The molecule has 0 N–H and O–H groups in total. The molecule has 0 bridgehead atoms. The lowest BCUT2D eigenvalue weighted by atomic mass is 10.1. The van der Waals surface area contributed by atoms with Crippen LogP contribution < -0.4 is 0 Å². The average molecular weight is 382 g/mol. The zero-order valence-corrected chi connectivity index (χ0v) is 17.1. The summed E-state index contributed by atoms with van der Waals surface area (Å²) in [7, 11) is -3.49. The first-order valence-corrected chi connectivity index (χ1v) is 10.9. The number of rotatable bonds is 7. The fourth-order valence-corrected chi connectivity index (χ4v) is 4.75. The summed E-state index contributed by atoms with van der Waals surface area (Å²) in [5.74, 6) is -0.0272. The largest absolute Gasteiger partial charge is 0.336 e. The Balaban J connectivity index is 2.06. The van der Waals surface area contributed by atoms with Crippen LogP contribution in [0.15, 0.2) is 29.2 Å². The predicted molar refractivity (Wildman–Crippen MR) is 104 cm³/mol. The molecule has 1 aliphatic rings. The number of carbonyl (C=O) groups is 1. The molecule has 26 heavy (non-hydrogen) atoms. The van der Waals surface area contributed by atoms with E-state index in [0.29, 0.717) is 37.8 Å². The Labute approximate surface area is 157 Å². The summed E-state index contributed by atoms with van der Waals surface area (Å²) in [5.41, 5.74) is 0.542. The zero-order chi connectivity index (χ0) is 19.3. The minimum absolute atomic E-state index is 0.0272. The number of nitrogens with zero attached hydrogens (tertiary/aromatic N) is 3. The van der Waals surface area contributed by atoms with E-state index in [0.717, 1.165) is 19.5 Å². The topological polar surface area (TPSA) is 60.9 Å². The van der Waals surface area contributed by atoms with Gasteiger partial charge in [0.15, 0.2) is 0 Å². The highest BCUT2D eigenvalue weighted by Crippen LogP contribution is 2.18. The second kappa shape index (κ2) is 8.97. The number of benzene rings is 1. The number of amides is 1. The summed E-state index contributed by atoms with van der Waals surface area (Å²) in [6, 6.07) is 6.86. The summed E-state index contributed by atoms with van der Waals surface area (Å²) >= 11 is 0. The fraction of sp³-hybridized carbons (Fsp3) is 0.632. The van der Waals surface area contributed by atoms with Crippen molar-refractivity contribution in [3.05, 3.63) is 29.8 Å². The molecule has 6 nitrogen and oxygen atoms in total. The van der Waals surface area contributed by atoms with Crippen molar-refractivity contribution in [3.63, 3.8) is 0 Å². The zero-order valence-electron chi connectivity index (χ0n) is 16.3. The second-order valence-electron chi connectivity index (χ2n) is 6.70. The van der Waals surface area contributed by atoms with Crippen LogP contribution in [0.4, 0.5) is 0 Å². The molecule has 0 aromatic heterocycles. The Morgan fingerprint density at radius 3 is 2.04 bits per heavy atom. The van der Waals surface area contributed by atoms with Gasteiger partial charge in [-0.15, -0.1) is 0 Å². The first-order chi connectivity index (χ1) is 12.3. The molecule has 1 heterocycles. The van der Waals surface area contributed by atoms with Crippen molar-refractivity contribution in [1.29, 1.82) is 0 Å². The van der Waals surface area contributed by atoms with Gasteiger partial charge in [0, 0.05) is 50.9 Å². The molecular formula is C19H31N3O3S. The summed E-state index contributed by atoms with van der Waals surface area (Å²) in [6.45, 7) is 12.1. The standard InChI is InChI=1S/C19H31N3O3S/c1-5-16(4)20-12-14-21(15-13-20)19(23)17-8-10-18(11-9-17)26(24,25)22(6-2)7-3/h8-11,16H,5-7,12-15H2,1-4H3. The van der Waals surface area contributed by atoms with Gasteiger partial charge in [-0.25, -0.2) is 8.42 Å². The molecule has 1 aliphatic heterocycles. The van der Waals surface area contributed by atoms with Crippen LogP contribution in [-0.2, 0) is 10.0 Å². The summed E-state index contributed by atoms with van der Waals surface area (Å²) in [6.07, 6.45) is 1.11. The first-order valence-electron chi connectivity index (χ1n) is 9.48. The smallest absolute Gasteiger partial charge is 0.253 e. The lowest BCUT2D eigenvalue weighted by Gasteiger charge is -2.37. The molecule has 0 aliphatic carbocycles. The maximum atomic E-state index is 12.7. The van der Waals surface area contributed by atoms with E-state index in [2.05, 4.69) is 18.7 Å². The van der Waals surface area contributed by atoms with Gasteiger partial charge < -0.3 is 4.90 Å². The monoisotopic (exact) mass is 381 g/mol. The van der Waals surface area contributed by atoms with E-state index in [1.54, 1.807) is 12.1 Å². The van der Waals surface area contributed by atoms with Gasteiger partial charge in [0.05, 0.1) is 4.90 Å². The van der Waals surface area contributed by atoms with Crippen LogP contribution >= 0.6 is 0 Å². The van der Waals surface area contributed by atoms with Crippen LogP contribution in [0, 0.1) is 0 Å². The van der Waals surface area contributed by atoms with Crippen molar-refractivity contribution in [1.82, 2.24) is 14.1 Å². The molecule has 1 saturated heterocycles. The number of carbonyl (C=O) groups excluding carboxylic acids is 1. The molecule has 0 saturated carbocycles. The molecule has 0 spiro atoms. The fourth-order valence-electron chi connectivity index (χ4n) is 3.29. The maximum Gasteiger partial charge on any atom is 0.253 e. The summed E-state index contributed by atoms with van der Waals surface area (Å²) < 4.78 is 26.5. The molecule has 1 aromatic rings. The van der Waals surface area contributed by atoms with Crippen LogP contribution in [-0.4, -0.2) is 73.7 Å². The van der Waals surface area contributed by atoms with Crippen molar-refractivity contribution < 1.29 is 13.2 Å². The highest BCUT2D eigenvalue weighted by molar-refractivity contribution is 7.89. The summed E-state index contributed by atoms with van der Waals surface area (Å²) in [4.78, 5) is 17.2. The Bertz CT molecular complexity index is 691. The first kappa shape index (κ1) is 20.9. The molecule has 146 valence electrons. The number of sulfonamides is 1. The highest BCUT2D eigenvalue weighted by Gasteiger charge is 2.25. The van der Waals surface area contributed by atoms with E-state index in [9.17, 15) is 13.2 Å². The molecule has 1 aromatic carbocycles. The number of hydrogen-bond donors (Lipinski definition) is 0. The van der Waals surface area contributed by atoms with Crippen molar-refractivity contribution >= 4 is 15.9 Å². The Hall–Kier alpha value is -1.44. The molecular weight excluding hydrogens is 350 g/mol. The van der Waals surface area contributed by atoms with Gasteiger partial charge in [-0.3, -0.25) is 9.69 Å². The van der Waals surface area contributed by atoms with Crippen LogP contribution in [0.5, 0.6) is 0 Å². The molecule has 7 heteroatoms. The third-order valence-electron chi connectivity index (χ3n) is 5.26. The van der Waals surface area contributed by atoms with Gasteiger partial charge in [-0.05, 0) is 37.6 Å². The van der Waals surface area contributed by atoms with Gasteiger partial charge in [-0.1, -0.05) is 20.8 Å². The van der Waals surface area contributed by atoms with E-state index < -0.39 is 10.0 Å². The average Bonchev–Trinajstić information content (AvgIpc) is 2.67. The Kier molecular flexibility index (Phi) is 7.20. The van der Waals surface area contributed by atoms with E-state index in [1.807, 2.05) is 18.7 Å². The minimum atomic E-state index is -3.49.